The van der Waals surface area contributed by atoms with Crippen molar-refractivity contribution in [1.82, 2.24) is 9.97 Å². The van der Waals surface area contributed by atoms with Gasteiger partial charge in [0.05, 0.1) is 6.20 Å². The Morgan fingerprint density at radius 2 is 1.90 bits per heavy atom. The van der Waals surface area contributed by atoms with Gasteiger partial charge in [0.2, 0.25) is 0 Å². The molecule has 20 heavy (non-hydrogen) atoms. The summed E-state index contributed by atoms with van der Waals surface area (Å²) < 4.78 is 6.24. The van der Waals surface area contributed by atoms with Crippen molar-refractivity contribution in [3.8, 4) is 11.3 Å². The SMILES string of the molecule is Brc1cncc(CNc2ccc(-c3cnco3)cc2)c1. The van der Waals surface area contributed by atoms with E-state index in [1.54, 1.807) is 12.4 Å². The van der Waals surface area contributed by atoms with Crippen LogP contribution in [0.5, 0.6) is 0 Å². The lowest BCUT2D eigenvalue weighted by molar-refractivity contribution is 0.572. The van der Waals surface area contributed by atoms with Crippen molar-refractivity contribution in [3.05, 3.63) is 65.4 Å². The van der Waals surface area contributed by atoms with Crippen molar-refractivity contribution in [1.29, 1.82) is 0 Å². The normalized spacial score (nSPS) is 10.4. The summed E-state index contributed by atoms with van der Waals surface area (Å²) >= 11 is 3.41. The van der Waals surface area contributed by atoms with E-state index in [2.05, 4.69) is 31.2 Å². The monoisotopic (exact) mass is 329 g/mol. The lowest BCUT2D eigenvalue weighted by Gasteiger charge is -2.07. The number of halogens is 1. The second kappa shape index (κ2) is 5.88. The topological polar surface area (TPSA) is 51.0 Å². The van der Waals surface area contributed by atoms with Gasteiger partial charge in [-0.3, -0.25) is 4.98 Å². The van der Waals surface area contributed by atoms with Crippen molar-refractivity contribution >= 4 is 21.6 Å². The second-order valence-corrected chi connectivity index (χ2v) is 5.22. The highest BCUT2D eigenvalue weighted by Gasteiger charge is 2.01. The van der Waals surface area contributed by atoms with Gasteiger partial charge >= 0.3 is 0 Å². The van der Waals surface area contributed by atoms with Gasteiger partial charge in [-0.1, -0.05) is 0 Å². The smallest absolute Gasteiger partial charge is 0.181 e. The first kappa shape index (κ1) is 12.9. The molecule has 3 rings (SSSR count). The van der Waals surface area contributed by atoms with Crippen molar-refractivity contribution < 1.29 is 4.42 Å². The fourth-order valence-corrected chi connectivity index (χ4v) is 2.28. The molecular formula is C15H12BrN3O. The first-order chi connectivity index (χ1) is 9.81. The van der Waals surface area contributed by atoms with E-state index in [4.69, 9.17) is 4.42 Å². The van der Waals surface area contributed by atoms with E-state index >= 15 is 0 Å². The van der Waals surface area contributed by atoms with Crippen LogP contribution in [0.1, 0.15) is 5.56 Å². The molecule has 0 unspecified atom stereocenters. The Bertz CT molecular complexity index is 681. The first-order valence-corrected chi connectivity index (χ1v) is 6.93. The van der Waals surface area contributed by atoms with Crippen LogP contribution in [-0.4, -0.2) is 9.97 Å². The molecule has 0 bridgehead atoms. The molecule has 0 fully saturated rings. The van der Waals surface area contributed by atoms with Gasteiger partial charge in [0, 0.05) is 34.7 Å². The molecule has 2 heterocycles. The third-order valence-electron chi connectivity index (χ3n) is 2.86. The summed E-state index contributed by atoms with van der Waals surface area (Å²) in [6, 6.07) is 10.1. The molecule has 0 aliphatic carbocycles. The van der Waals surface area contributed by atoms with Gasteiger partial charge in [-0.15, -0.1) is 0 Å². The zero-order chi connectivity index (χ0) is 13.8. The van der Waals surface area contributed by atoms with Crippen LogP contribution in [0.4, 0.5) is 5.69 Å². The van der Waals surface area contributed by atoms with Crippen LogP contribution in [0, 0.1) is 0 Å². The zero-order valence-electron chi connectivity index (χ0n) is 10.6. The third-order valence-corrected chi connectivity index (χ3v) is 3.29. The van der Waals surface area contributed by atoms with E-state index in [1.807, 2.05) is 36.5 Å². The van der Waals surface area contributed by atoms with Crippen LogP contribution >= 0.6 is 15.9 Å². The highest BCUT2D eigenvalue weighted by atomic mass is 79.9. The molecule has 0 spiro atoms. The number of anilines is 1. The van der Waals surface area contributed by atoms with Crippen molar-refractivity contribution in [2.24, 2.45) is 0 Å². The Hall–Kier alpha value is -2.14. The minimum atomic E-state index is 0.730. The molecule has 0 saturated carbocycles. The lowest BCUT2D eigenvalue weighted by atomic mass is 10.1. The van der Waals surface area contributed by atoms with E-state index in [0.29, 0.717) is 0 Å². The van der Waals surface area contributed by atoms with Crippen molar-refractivity contribution in [2.45, 2.75) is 6.54 Å². The van der Waals surface area contributed by atoms with Crippen LogP contribution in [-0.2, 0) is 6.54 Å². The van der Waals surface area contributed by atoms with Crippen LogP contribution in [0.3, 0.4) is 0 Å². The standard InChI is InChI=1S/C15H12BrN3O/c16-13-5-11(6-17-8-13)7-19-14-3-1-12(2-4-14)15-9-18-10-20-15/h1-6,8-10,19H,7H2. The molecule has 0 aliphatic rings. The second-order valence-electron chi connectivity index (χ2n) is 4.31. The molecule has 0 atom stereocenters. The van der Waals surface area contributed by atoms with Gasteiger partial charge in [0.1, 0.15) is 0 Å². The Morgan fingerprint density at radius 1 is 1.05 bits per heavy atom. The molecule has 1 N–H and O–H groups in total. The summed E-state index contributed by atoms with van der Waals surface area (Å²) in [6.07, 6.45) is 6.76. The Kier molecular flexibility index (Phi) is 3.78. The van der Waals surface area contributed by atoms with Gasteiger partial charge in [-0.05, 0) is 51.8 Å². The number of oxazole rings is 1. The average Bonchev–Trinajstić information content (AvgIpc) is 3.00. The van der Waals surface area contributed by atoms with Crippen molar-refractivity contribution in [2.75, 3.05) is 5.32 Å². The molecule has 0 saturated heterocycles. The highest BCUT2D eigenvalue weighted by molar-refractivity contribution is 9.10. The lowest BCUT2D eigenvalue weighted by Crippen LogP contribution is -1.99. The minimum absolute atomic E-state index is 0.730. The molecule has 4 nitrogen and oxygen atoms in total. The number of benzene rings is 1. The predicted octanol–water partition coefficient (Wildman–Crippen LogP) is 4.11. The number of hydrogen-bond acceptors (Lipinski definition) is 4. The number of pyridine rings is 1. The summed E-state index contributed by atoms with van der Waals surface area (Å²) in [5.74, 6) is 0.771. The minimum Gasteiger partial charge on any atom is -0.444 e. The quantitative estimate of drug-likeness (QED) is 0.782. The summed E-state index contributed by atoms with van der Waals surface area (Å²) in [4.78, 5) is 8.05. The molecule has 5 heteroatoms. The number of aromatic nitrogens is 2. The molecule has 0 aliphatic heterocycles. The predicted molar refractivity (Wildman–Crippen MR) is 81.2 cm³/mol. The largest absolute Gasteiger partial charge is 0.444 e. The van der Waals surface area contributed by atoms with Gasteiger partial charge in [-0.25, -0.2) is 4.98 Å². The number of hydrogen-bond donors (Lipinski definition) is 1. The Morgan fingerprint density at radius 3 is 2.60 bits per heavy atom. The van der Waals surface area contributed by atoms with E-state index in [-0.39, 0.29) is 0 Å². The van der Waals surface area contributed by atoms with Crippen LogP contribution < -0.4 is 5.32 Å². The van der Waals surface area contributed by atoms with E-state index < -0.39 is 0 Å². The summed E-state index contributed by atoms with van der Waals surface area (Å²) in [6.45, 7) is 0.730. The fourth-order valence-electron chi connectivity index (χ4n) is 1.87. The van der Waals surface area contributed by atoms with Gasteiger partial charge in [0.25, 0.3) is 0 Å². The van der Waals surface area contributed by atoms with E-state index in [0.717, 1.165) is 33.6 Å². The summed E-state index contributed by atoms with van der Waals surface area (Å²) in [5, 5.41) is 3.35. The van der Waals surface area contributed by atoms with E-state index in [1.165, 1.54) is 6.39 Å². The number of rotatable bonds is 4. The Balaban J connectivity index is 1.67. The number of nitrogens with one attached hydrogen (secondary N) is 1. The molecule has 0 amide bonds. The van der Waals surface area contributed by atoms with Crippen LogP contribution in [0.25, 0.3) is 11.3 Å². The molecule has 2 aromatic heterocycles. The zero-order valence-corrected chi connectivity index (χ0v) is 12.2. The molecule has 0 radical (unpaired) electrons. The summed E-state index contributed by atoms with van der Waals surface area (Å²) in [7, 11) is 0. The fraction of sp³-hybridized carbons (Fsp3) is 0.0667. The third kappa shape index (κ3) is 3.05. The highest BCUT2D eigenvalue weighted by Crippen LogP contribution is 2.21. The van der Waals surface area contributed by atoms with Gasteiger partial charge in [-0.2, -0.15) is 0 Å². The number of nitrogens with zero attached hydrogens (tertiary/aromatic N) is 2. The maximum Gasteiger partial charge on any atom is 0.181 e. The van der Waals surface area contributed by atoms with Gasteiger partial charge < -0.3 is 9.73 Å². The summed E-state index contributed by atoms with van der Waals surface area (Å²) in [5.41, 5.74) is 3.18. The van der Waals surface area contributed by atoms with Gasteiger partial charge in [0.15, 0.2) is 12.2 Å². The molecule has 100 valence electrons. The molecule has 1 aromatic carbocycles. The van der Waals surface area contributed by atoms with Crippen LogP contribution in [0.2, 0.25) is 0 Å². The van der Waals surface area contributed by atoms with Crippen LogP contribution in [0.15, 0.2) is 64.2 Å². The maximum absolute atomic E-state index is 5.26. The average molecular weight is 330 g/mol. The Labute approximate surface area is 125 Å². The molecular weight excluding hydrogens is 318 g/mol. The van der Waals surface area contributed by atoms with E-state index in [9.17, 15) is 0 Å². The maximum atomic E-state index is 5.26. The first-order valence-electron chi connectivity index (χ1n) is 6.13. The van der Waals surface area contributed by atoms with Crippen molar-refractivity contribution in [3.63, 3.8) is 0 Å². The molecule has 3 aromatic rings.